The molecule has 0 rings (SSSR count). The van der Waals surface area contributed by atoms with Crippen LogP contribution in [0.5, 0.6) is 0 Å². The number of likely N-dealkylation sites (N-methyl/N-ethyl adjacent to an activating group) is 1. The molecule has 0 saturated carbocycles. The molecule has 0 aromatic heterocycles. The minimum atomic E-state index is 0.897. The predicted octanol–water partition coefficient (Wildman–Crippen LogP) is 3.95. The Morgan fingerprint density at radius 3 is 2.00 bits per heavy atom. The molecule has 0 saturated heterocycles. The summed E-state index contributed by atoms with van der Waals surface area (Å²) in [6.07, 6.45) is 5.12. The number of rotatable bonds is 10. The van der Waals surface area contributed by atoms with Crippen LogP contribution in [-0.4, -0.2) is 37.7 Å². The van der Waals surface area contributed by atoms with Crippen molar-refractivity contribution in [3.63, 3.8) is 0 Å². The number of hydrogen-bond acceptors (Lipinski definition) is 2. The lowest BCUT2D eigenvalue weighted by molar-refractivity contribution is 0.105. The van der Waals surface area contributed by atoms with Gasteiger partial charge in [-0.1, -0.05) is 47.5 Å². The summed E-state index contributed by atoms with van der Waals surface area (Å²) in [4.78, 5) is 2.48. The number of nitrogens with zero attached hydrogens (tertiary/aromatic N) is 1. The van der Waals surface area contributed by atoms with Crippen molar-refractivity contribution in [2.45, 2.75) is 60.3 Å². The van der Waals surface area contributed by atoms with E-state index in [0.29, 0.717) is 0 Å². The standard InChI is InChI=1S/C12H27NO.C2H6/c1-4-7-8-9-13(6-3)10-12-14-11-5-2;1-2/h4-12H2,1-3H3;1-2H3. The molecule has 0 aromatic carbocycles. The highest BCUT2D eigenvalue weighted by atomic mass is 16.5. The Hall–Kier alpha value is -0.0800. The third-order valence-corrected chi connectivity index (χ3v) is 2.43. The quantitative estimate of drug-likeness (QED) is 0.528. The molecule has 0 N–H and O–H groups in total. The zero-order valence-electron chi connectivity index (χ0n) is 12.2. The summed E-state index contributed by atoms with van der Waals surface area (Å²) >= 11 is 0. The predicted molar refractivity (Wildman–Crippen MR) is 74.1 cm³/mol. The summed E-state index contributed by atoms with van der Waals surface area (Å²) in [6.45, 7) is 15.9. The average molecular weight is 231 g/mol. The van der Waals surface area contributed by atoms with E-state index in [-0.39, 0.29) is 0 Å². The summed E-state index contributed by atoms with van der Waals surface area (Å²) in [6, 6.07) is 0. The maximum atomic E-state index is 5.48. The fraction of sp³-hybridized carbons (Fsp3) is 1.00. The largest absolute Gasteiger partial charge is 0.380 e. The molecule has 100 valence electrons. The van der Waals surface area contributed by atoms with Crippen molar-refractivity contribution in [3.05, 3.63) is 0 Å². The molecule has 0 aromatic rings. The molecule has 0 spiro atoms. The topological polar surface area (TPSA) is 12.5 Å². The van der Waals surface area contributed by atoms with Gasteiger partial charge in [-0.25, -0.2) is 0 Å². The van der Waals surface area contributed by atoms with Gasteiger partial charge in [0, 0.05) is 13.2 Å². The highest BCUT2D eigenvalue weighted by Crippen LogP contribution is 1.98. The second-order valence-corrected chi connectivity index (χ2v) is 3.75. The van der Waals surface area contributed by atoms with Crippen molar-refractivity contribution in [1.29, 1.82) is 0 Å². The first-order valence-corrected chi connectivity index (χ1v) is 7.15. The van der Waals surface area contributed by atoms with Crippen molar-refractivity contribution < 1.29 is 4.74 Å². The molecular weight excluding hydrogens is 198 g/mol. The molecule has 0 aliphatic heterocycles. The molecule has 2 nitrogen and oxygen atoms in total. The van der Waals surface area contributed by atoms with Crippen molar-refractivity contribution in [2.24, 2.45) is 0 Å². The van der Waals surface area contributed by atoms with Gasteiger partial charge >= 0.3 is 0 Å². The molecule has 0 aliphatic carbocycles. The smallest absolute Gasteiger partial charge is 0.0593 e. The maximum Gasteiger partial charge on any atom is 0.0593 e. The lowest BCUT2D eigenvalue weighted by Crippen LogP contribution is -2.28. The molecular formula is C14H33NO. The van der Waals surface area contributed by atoms with Crippen LogP contribution in [0.3, 0.4) is 0 Å². The Balaban J connectivity index is 0. The zero-order valence-corrected chi connectivity index (χ0v) is 12.2. The van der Waals surface area contributed by atoms with E-state index < -0.39 is 0 Å². The average Bonchev–Trinajstić information content (AvgIpc) is 2.35. The first-order valence-electron chi connectivity index (χ1n) is 7.15. The van der Waals surface area contributed by atoms with Crippen LogP contribution < -0.4 is 0 Å². The highest BCUT2D eigenvalue weighted by molar-refractivity contribution is 4.54. The van der Waals surface area contributed by atoms with Gasteiger partial charge < -0.3 is 9.64 Å². The van der Waals surface area contributed by atoms with E-state index in [2.05, 4.69) is 25.7 Å². The summed E-state index contributed by atoms with van der Waals surface area (Å²) in [5.74, 6) is 0. The number of unbranched alkanes of at least 4 members (excludes halogenated alkanes) is 2. The third kappa shape index (κ3) is 13.9. The van der Waals surface area contributed by atoms with Gasteiger partial charge in [0.2, 0.25) is 0 Å². The van der Waals surface area contributed by atoms with Gasteiger partial charge in [0.1, 0.15) is 0 Å². The van der Waals surface area contributed by atoms with Gasteiger partial charge in [-0.2, -0.15) is 0 Å². The van der Waals surface area contributed by atoms with Crippen LogP contribution in [0.4, 0.5) is 0 Å². The molecule has 0 fully saturated rings. The Morgan fingerprint density at radius 1 is 0.812 bits per heavy atom. The maximum absolute atomic E-state index is 5.48. The van der Waals surface area contributed by atoms with Crippen LogP contribution >= 0.6 is 0 Å². The summed E-state index contributed by atoms with van der Waals surface area (Å²) in [5.41, 5.74) is 0. The van der Waals surface area contributed by atoms with Gasteiger partial charge in [-0.3, -0.25) is 0 Å². The molecule has 0 aliphatic rings. The molecule has 0 unspecified atom stereocenters. The zero-order chi connectivity index (χ0) is 12.6. The van der Waals surface area contributed by atoms with Crippen LogP contribution in [0.15, 0.2) is 0 Å². The monoisotopic (exact) mass is 231 g/mol. The minimum absolute atomic E-state index is 0.897. The van der Waals surface area contributed by atoms with Gasteiger partial charge in [0.05, 0.1) is 6.61 Å². The van der Waals surface area contributed by atoms with Gasteiger partial charge in [-0.05, 0) is 25.9 Å². The van der Waals surface area contributed by atoms with E-state index in [1.807, 2.05) is 13.8 Å². The lowest BCUT2D eigenvalue weighted by Gasteiger charge is -2.19. The minimum Gasteiger partial charge on any atom is -0.380 e. The molecule has 0 heterocycles. The van der Waals surface area contributed by atoms with Crippen molar-refractivity contribution in [2.75, 3.05) is 32.8 Å². The Bertz CT molecular complexity index is 107. The molecule has 0 bridgehead atoms. The Morgan fingerprint density at radius 2 is 1.50 bits per heavy atom. The van der Waals surface area contributed by atoms with Crippen molar-refractivity contribution in [3.8, 4) is 0 Å². The van der Waals surface area contributed by atoms with Gasteiger partial charge in [0.15, 0.2) is 0 Å². The second kappa shape index (κ2) is 17.3. The Kier molecular flexibility index (Phi) is 19.8. The summed E-state index contributed by atoms with van der Waals surface area (Å²) in [7, 11) is 0. The van der Waals surface area contributed by atoms with E-state index >= 15 is 0 Å². The molecule has 2 heteroatoms. The fourth-order valence-electron chi connectivity index (χ4n) is 1.45. The number of ether oxygens (including phenoxy) is 1. The number of hydrogen-bond donors (Lipinski definition) is 0. The van der Waals surface area contributed by atoms with E-state index in [1.165, 1.54) is 25.8 Å². The summed E-state index contributed by atoms with van der Waals surface area (Å²) in [5, 5.41) is 0. The van der Waals surface area contributed by atoms with Crippen LogP contribution in [0.25, 0.3) is 0 Å². The molecule has 16 heavy (non-hydrogen) atoms. The highest BCUT2D eigenvalue weighted by Gasteiger charge is 2.00. The first kappa shape index (κ1) is 18.3. The first-order chi connectivity index (χ1) is 7.85. The van der Waals surface area contributed by atoms with Crippen LogP contribution in [-0.2, 0) is 4.74 Å². The molecule has 0 radical (unpaired) electrons. The van der Waals surface area contributed by atoms with Crippen molar-refractivity contribution >= 4 is 0 Å². The van der Waals surface area contributed by atoms with Crippen LogP contribution in [0.2, 0.25) is 0 Å². The normalized spacial score (nSPS) is 10.1. The van der Waals surface area contributed by atoms with E-state index in [0.717, 1.165) is 32.7 Å². The third-order valence-electron chi connectivity index (χ3n) is 2.43. The lowest BCUT2D eigenvalue weighted by atomic mass is 10.2. The van der Waals surface area contributed by atoms with Crippen LogP contribution in [0, 0.1) is 0 Å². The summed E-state index contributed by atoms with van der Waals surface area (Å²) < 4.78 is 5.48. The van der Waals surface area contributed by atoms with E-state index in [9.17, 15) is 0 Å². The van der Waals surface area contributed by atoms with Crippen LogP contribution in [0.1, 0.15) is 60.3 Å². The second-order valence-electron chi connectivity index (χ2n) is 3.75. The van der Waals surface area contributed by atoms with E-state index in [1.54, 1.807) is 0 Å². The van der Waals surface area contributed by atoms with E-state index in [4.69, 9.17) is 4.74 Å². The fourth-order valence-corrected chi connectivity index (χ4v) is 1.45. The SMILES string of the molecule is CC.CCCCCN(CC)CCOCCC. The van der Waals surface area contributed by atoms with Gasteiger partial charge in [0.25, 0.3) is 0 Å². The Labute approximate surface area is 103 Å². The van der Waals surface area contributed by atoms with Crippen molar-refractivity contribution in [1.82, 2.24) is 4.90 Å². The molecule has 0 amide bonds. The van der Waals surface area contributed by atoms with Gasteiger partial charge in [-0.15, -0.1) is 0 Å². The molecule has 0 atom stereocenters.